The third-order valence-corrected chi connectivity index (χ3v) is 4.11. The first-order valence-corrected chi connectivity index (χ1v) is 7.02. The number of likely N-dealkylation sites (tertiary alicyclic amines) is 1. The van der Waals surface area contributed by atoms with Gasteiger partial charge in [-0.25, -0.2) is 0 Å². The molecule has 0 radical (unpaired) electrons. The SMILES string of the molecule is CC(N[C@H](C)c1ccccn1)C1CCN(C)CC1. The van der Waals surface area contributed by atoms with Crippen LogP contribution in [0.15, 0.2) is 24.4 Å². The van der Waals surface area contributed by atoms with E-state index in [1.807, 2.05) is 12.3 Å². The summed E-state index contributed by atoms with van der Waals surface area (Å²) in [6.07, 6.45) is 4.48. The minimum absolute atomic E-state index is 0.334. The van der Waals surface area contributed by atoms with E-state index in [1.54, 1.807) is 0 Å². The molecule has 3 heteroatoms. The van der Waals surface area contributed by atoms with Gasteiger partial charge in [0.05, 0.1) is 5.69 Å². The summed E-state index contributed by atoms with van der Waals surface area (Å²) in [5.74, 6) is 0.798. The van der Waals surface area contributed by atoms with E-state index in [0.29, 0.717) is 12.1 Å². The second-order valence-corrected chi connectivity index (χ2v) is 5.57. The molecule has 1 saturated heterocycles. The standard InChI is InChI=1S/C15H25N3/c1-12(14-7-10-18(3)11-8-14)17-13(2)15-6-4-5-9-16-15/h4-6,9,12-14,17H,7-8,10-11H2,1-3H3/t12?,13-/m1/s1. The van der Waals surface area contributed by atoms with Crippen molar-refractivity contribution in [3.63, 3.8) is 0 Å². The Bertz CT molecular complexity index is 344. The second kappa shape index (κ2) is 6.30. The number of aromatic nitrogens is 1. The van der Waals surface area contributed by atoms with Crippen LogP contribution >= 0.6 is 0 Å². The van der Waals surface area contributed by atoms with Gasteiger partial charge < -0.3 is 10.2 Å². The maximum atomic E-state index is 4.42. The maximum Gasteiger partial charge on any atom is 0.0570 e. The number of nitrogens with one attached hydrogen (secondary N) is 1. The molecule has 1 N–H and O–H groups in total. The number of hydrogen-bond donors (Lipinski definition) is 1. The summed E-state index contributed by atoms with van der Waals surface area (Å²) in [4.78, 5) is 6.84. The molecule has 0 aliphatic carbocycles. The van der Waals surface area contributed by atoms with E-state index >= 15 is 0 Å². The van der Waals surface area contributed by atoms with Gasteiger partial charge in [0, 0.05) is 18.3 Å². The van der Waals surface area contributed by atoms with Crippen LogP contribution in [0.25, 0.3) is 0 Å². The smallest absolute Gasteiger partial charge is 0.0570 e. The molecule has 2 atom stereocenters. The second-order valence-electron chi connectivity index (χ2n) is 5.57. The molecule has 1 unspecified atom stereocenters. The van der Waals surface area contributed by atoms with Crippen molar-refractivity contribution in [1.82, 2.24) is 15.2 Å². The summed E-state index contributed by atoms with van der Waals surface area (Å²) in [5.41, 5.74) is 1.14. The predicted octanol–water partition coefficient (Wildman–Crippen LogP) is 2.46. The van der Waals surface area contributed by atoms with E-state index in [0.717, 1.165) is 11.6 Å². The molecule has 0 amide bonds. The van der Waals surface area contributed by atoms with Crippen LogP contribution in [0.3, 0.4) is 0 Å². The lowest BCUT2D eigenvalue weighted by atomic mass is 9.90. The molecule has 1 fully saturated rings. The molecular formula is C15H25N3. The number of pyridine rings is 1. The molecule has 0 spiro atoms. The minimum Gasteiger partial charge on any atom is -0.306 e. The highest BCUT2D eigenvalue weighted by Gasteiger charge is 2.23. The number of rotatable bonds is 4. The molecule has 2 heterocycles. The molecule has 2 rings (SSSR count). The normalized spacial score (nSPS) is 21.7. The highest BCUT2D eigenvalue weighted by Crippen LogP contribution is 2.21. The lowest BCUT2D eigenvalue weighted by Gasteiger charge is -2.34. The largest absolute Gasteiger partial charge is 0.306 e. The Hall–Kier alpha value is -0.930. The molecule has 1 aromatic rings. The molecule has 3 nitrogen and oxygen atoms in total. The molecule has 0 saturated carbocycles. The fraction of sp³-hybridized carbons (Fsp3) is 0.667. The van der Waals surface area contributed by atoms with Gasteiger partial charge in [0.25, 0.3) is 0 Å². The van der Waals surface area contributed by atoms with E-state index in [2.05, 4.69) is 48.2 Å². The summed E-state index contributed by atoms with van der Waals surface area (Å²) >= 11 is 0. The van der Waals surface area contributed by atoms with Gasteiger partial charge in [-0.2, -0.15) is 0 Å². The monoisotopic (exact) mass is 247 g/mol. The molecule has 1 aliphatic heterocycles. The molecular weight excluding hydrogens is 222 g/mol. The minimum atomic E-state index is 0.334. The average molecular weight is 247 g/mol. The van der Waals surface area contributed by atoms with E-state index in [9.17, 15) is 0 Å². The van der Waals surface area contributed by atoms with Gasteiger partial charge in [-0.15, -0.1) is 0 Å². The fourth-order valence-electron chi connectivity index (χ4n) is 2.78. The van der Waals surface area contributed by atoms with Gasteiger partial charge in [-0.3, -0.25) is 4.98 Å². The van der Waals surface area contributed by atoms with Crippen LogP contribution in [-0.2, 0) is 0 Å². The third kappa shape index (κ3) is 3.53. The Labute approximate surface area is 111 Å². The summed E-state index contributed by atoms with van der Waals surface area (Å²) in [6, 6.07) is 7.02. The maximum absolute atomic E-state index is 4.42. The van der Waals surface area contributed by atoms with Crippen LogP contribution < -0.4 is 5.32 Å². The van der Waals surface area contributed by atoms with Gasteiger partial charge in [-0.05, 0) is 64.9 Å². The number of nitrogens with zero attached hydrogens (tertiary/aromatic N) is 2. The Morgan fingerprint density at radius 3 is 2.61 bits per heavy atom. The Kier molecular flexibility index (Phi) is 4.72. The molecule has 0 bridgehead atoms. The van der Waals surface area contributed by atoms with Crippen molar-refractivity contribution in [1.29, 1.82) is 0 Å². The van der Waals surface area contributed by atoms with Crippen LogP contribution in [0.5, 0.6) is 0 Å². The van der Waals surface area contributed by atoms with Gasteiger partial charge in [0.1, 0.15) is 0 Å². The van der Waals surface area contributed by atoms with Crippen molar-refractivity contribution in [2.24, 2.45) is 5.92 Å². The molecule has 1 aliphatic rings. The van der Waals surface area contributed by atoms with Crippen LogP contribution in [0.1, 0.15) is 38.4 Å². The van der Waals surface area contributed by atoms with E-state index in [-0.39, 0.29) is 0 Å². The topological polar surface area (TPSA) is 28.2 Å². The molecule has 100 valence electrons. The lowest BCUT2D eigenvalue weighted by Crippen LogP contribution is -2.41. The molecule has 1 aromatic heterocycles. The van der Waals surface area contributed by atoms with E-state index in [1.165, 1.54) is 25.9 Å². The first kappa shape index (κ1) is 13.5. The van der Waals surface area contributed by atoms with Crippen molar-refractivity contribution in [3.8, 4) is 0 Å². The van der Waals surface area contributed by atoms with Crippen LogP contribution in [0, 0.1) is 5.92 Å². The zero-order valence-electron chi connectivity index (χ0n) is 11.8. The van der Waals surface area contributed by atoms with Crippen molar-refractivity contribution in [2.45, 2.75) is 38.8 Å². The first-order chi connectivity index (χ1) is 8.66. The summed E-state index contributed by atoms with van der Waals surface area (Å²) < 4.78 is 0. The third-order valence-electron chi connectivity index (χ3n) is 4.11. The predicted molar refractivity (Wildman–Crippen MR) is 75.5 cm³/mol. The molecule has 18 heavy (non-hydrogen) atoms. The van der Waals surface area contributed by atoms with E-state index in [4.69, 9.17) is 0 Å². The Morgan fingerprint density at radius 1 is 1.28 bits per heavy atom. The van der Waals surface area contributed by atoms with Crippen LogP contribution in [0.2, 0.25) is 0 Å². The van der Waals surface area contributed by atoms with Gasteiger partial charge in [0.2, 0.25) is 0 Å². The Balaban J connectivity index is 1.85. The highest BCUT2D eigenvalue weighted by atomic mass is 15.1. The van der Waals surface area contributed by atoms with Crippen LogP contribution in [0.4, 0.5) is 0 Å². The Morgan fingerprint density at radius 2 is 2.00 bits per heavy atom. The zero-order chi connectivity index (χ0) is 13.0. The zero-order valence-corrected chi connectivity index (χ0v) is 11.8. The average Bonchev–Trinajstić information content (AvgIpc) is 2.40. The fourth-order valence-corrected chi connectivity index (χ4v) is 2.78. The van der Waals surface area contributed by atoms with E-state index < -0.39 is 0 Å². The number of hydrogen-bond acceptors (Lipinski definition) is 3. The van der Waals surface area contributed by atoms with Crippen molar-refractivity contribution >= 4 is 0 Å². The van der Waals surface area contributed by atoms with Gasteiger partial charge in [0.15, 0.2) is 0 Å². The first-order valence-electron chi connectivity index (χ1n) is 7.02. The van der Waals surface area contributed by atoms with Crippen molar-refractivity contribution in [3.05, 3.63) is 30.1 Å². The number of piperidine rings is 1. The summed E-state index contributed by atoms with van der Waals surface area (Å²) in [5, 5.41) is 3.70. The lowest BCUT2D eigenvalue weighted by molar-refractivity contribution is 0.185. The summed E-state index contributed by atoms with van der Waals surface area (Å²) in [7, 11) is 2.21. The van der Waals surface area contributed by atoms with Crippen molar-refractivity contribution in [2.75, 3.05) is 20.1 Å². The van der Waals surface area contributed by atoms with Crippen molar-refractivity contribution < 1.29 is 0 Å². The highest BCUT2D eigenvalue weighted by molar-refractivity contribution is 5.07. The quantitative estimate of drug-likeness (QED) is 0.886. The summed E-state index contributed by atoms with van der Waals surface area (Å²) in [6.45, 7) is 6.98. The van der Waals surface area contributed by atoms with Gasteiger partial charge >= 0.3 is 0 Å². The van der Waals surface area contributed by atoms with Crippen LogP contribution in [-0.4, -0.2) is 36.1 Å². The molecule has 0 aromatic carbocycles. The van der Waals surface area contributed by atoms with Gasteiger partial charge in [-0.1, -0.05) is 6.07 Å².